The minimum Gasteiger partial charge on any atom is -0.458 e. The van der Waals surface area contributed by atoms with E-state index in [2.05, 4.69) is 22.1 Å². The summed E-state index contributed by atoms with van der Waals surface area (Å²) in [5.74, 6) is -0.427. The van der Waals surface area contributed by atoms with Gasteiger partial charge in [0.25, 0.3) is 0 Å². The van der Waals surface area contributed by atoms with Crippen LogP contribution in [0.25, 0.3) is 5.69 Å². The Morgan fingerprint density at radius 1 is 1.44 bits per heavy atom. The molecule has 0 N–H and O–H groups in total. The number of esters is 1. The van der Waals surface area contributed by atoms with Crippen LogP contribution in [0, 0.1) is 0 Å². The number of carbonyl (C=O) groups excluding carboxylic acids is 1. The van der Waals surface area contributed by atoms with Crippen LogP contribution in [0.15, 0.2) is 42.7 Å². The van der Waals surface area contributed by atoms with Gasteiger partial charge in [0.15, 0.2) is 0 Å². The van der Waals surface area contributed by atoms with Gasteiger partial charge < -0.3 is 4.74 Å². The van der Waals surface area contributed by atoms with Crippen molar-refractivity contribution in [2.45, 2.75) is 6.92 Å². The Labute approximate surface area is 104 Å². The van der Waals surface area contributed by atoms with Crippen molar-refractivity contribution in [2.24, 2.45) is 0 Å². The predicted molar refractivity (Wildman–Crippen MR) is 64.3 cm³/mol. The average molecular weight is 244 g/mol. The number of tetrazole rings is 1. The Hall–Kier alpha value is -2.50. The van der Waals surface area contributed by atoms with E-state index in [0.29, 0.717) is 11.3 Å². The molecule has 2 rings (SSSR count). The lowest BCUT2D eigenvalue weighted by molar-refractivity contribution is 0.0540. The van der Waals surface area contributed by atoms with Crippen molar-refractivity contribution < 1.29 is 9.53 Å². The van der Waals surface area contributed by atoms with E-state index < -0.39 is 5.97 Å². The third kappa shape index (κ3) is 2.60. The molecule has 0 aliphatic heterocycles. The van der Waals surface area contributed by atoms with Crippen molar-refractivity contribution in [1.82, 2.24) is 20.2 Å². The molecule has 0 unspecified atom stereocenters. The first-order chi connectivity index (χ1) is 8.68. The molecule has 6 nitrogen and oxygen atoms in total. The average Bonchev–Trinajstić information content (AvgIpc) is 2.89. The first-order valence-corrected chi connectivity index (χ1v) is 5.32. The molecule has 0 aliphatic rings. The second-order valence-corrected chi connectivity index (χ2v) is 3.80. The van der Waals surface area contributed by atoms with Gasteiger partial charge in [0.05, 0.1) is 11.3 Å². The minimum absolute atomic E-state index is 0.197. The Bertz CT molecular complexity index is 563. The predicted octanol–water partition coefficient (Wildman–Crippen LogP) is 1.40. The van der Waals surface area contributed by atoms with Gasteiger partial charge in [0, 0.05) is 0 Å². The Morgan fingerprint density at radius 3 is 2.89 bits per heavy atom. The molecular weight excluding hydrogens is 232 g/mol. The molecule has 0 atom stereocenters. The second kappa shape index (κ2) is 5.22. The van der Waals surface area contributed by atoms with Crippen molar-refractivity contribution in [3.63, 3.8) is 0 Å². The van der Waals surface area contributed by atoms with E-state index in [4.69, 9.17) is 4.74 Å². The molecule has 0 bridgehead atoms. The molecule has 1 heterocycles. The van der Waals surface area contributed by atoms with Crippen molar-refractivity contribution in [3.05, 3.63) is 48.3 Å². The minimum atomic E-state index is -0.427. The van der Waals surface area contributed by atoms with Crippen LogP contribution in [0.3, 0.4) is 0 Å². The summed E-state index contributed by atoms with van der Waals surface area (Å²) in [6.07, 6.45) is 1.42. The monoisotopic (exact) mass is 244 g/mol. The molecule has 1 aromatic heterocycles. The Kier molecular flexibility index (Phi) is 3.47. The second-order valence-electron chi connectivity index (χ2n) is 3.80. The van der Waals surface area contributed by atoms with E-state index >= 15 is 0 Å². The molecule has 92 valence electrons. The first kappa shape index (κ1) is 12.0. The number of benzene rings is 1. The topological polar surface area (TPSA) is 69.9 Å². The molecule has 0 spiro atoms. The number of carbonyl (C=O) groups is 1. The highest BCUT2D eigenvalue weighted by Crippen LogP contribution is 2.14. The maximum atomic E-state index is 11.9. The number of rotatable bonds is 4. The summed E-state index contributed by atoms with van der Waals surface area (Å²) in [4.78, 5) is 11.9. The molecule has 0 fully saturated rings. The van der Waals surface area contributed by atoms with Gasteiger partial charge in [0.1, 0.15) is 12.9 Å². The zero-order valence-corrected chi connectivity index (χ0v) is 9.91. The van der Waals surface area contributed by atoms with Crippen LogP contribution in [0.2, 0.25) is 0 Å². The van der Waals surface area contributed by atoms with Crippen LogP contribution in [-0.4, -0.2) is 32.8 Å². The van der Waals surface area contributed by atoms with E-state index in [9.17, 15) is 4.79 Å². The van der Waals surface area contributed by atoms with Crippen molar-refractivity contribution in [2.75, 3.05) is 6.61 Å². The van der Waals surface area contributed by atoms with Crippen molar-refractivity contribution in [1.29, 1.82) is 0 Å². The zero-order chi connectivity index (χ0) is 13.0. The van der Waals surface area contributed by atoms with E-state index in [0.717, 1.165) is 5.57 Å². The van der Waals surface area contributed by atoms with Gasteiger partial charge in [-0.2, -0.15) is 4.68 Å². The summed E-state index contributed by atoms with van der Waals surface area (Å²) in [5, 5.41) is 10.8. The summed E-state index contributed by atoms with van der Waals surface area (Å²) in [5.41, 5.74) is 1.77. The third-order valence-electron chi connectivity index (χ3n) is 2.17. The van der Waals surface area contributed by atoms with Crippen LogP contribution < -0.4 is 0 Å². The van der Waals surface area contributed by atoms with E-state index in [1.165, 1.54) is 11.0 Å². The molecule has 0 saturated carbocycles. The fraction of sp³-hybridized carbons (Fsp3) is 0.167. The number of hydrogen-bond donors (Lipinski definition) is 0. The lowest BCUT2D eigenvalue weighted by Crippen LogP contribution is -2.11. The fourth-order valence-electron chi connectivity index (χ4n) is 1.38. The van der Waals surface area contributed by atoms with Gasteiger partial charge in [-0.15, -0.1) is 5.10 Å². The third-order valence-corrected chi connectivity index (χ3v) is 2.17. The van der Waals surface area contributed by atoms with Gasteiger partial charge in [-0.05, 0) is 35.1 Å². The maximum Gasteiger partial charge on any atom is 0.340 e. The van der Waals surface area contributed by atoms with Crippen molar-refractivity contribution in [3.8, 4) is 5.69 Å². The normalized spacial score (nSPS) is 10.1. The fourth-order valence-corrected chi connectivity index (χ4v) is 1.38. The molecule has 1 aromatic carbocycles. The van der Waals surface area contributed by atoms with E-state index in [-0.39, 0.29) is 6.61 Å². The highest BCUT2D eigenvalue weighted by atomic mass is 16.5. The van der Waals surface area contributed by atoms with Gasteiger partial charge in [-0.25, -0.2) is 4.79 Å². The van der Waals surface area contributed by atoms with Gasteiger partial charge in [-0.1, -0.05) is 18.7 Å². The van der Waals surface area contributed by atoms with E-state index in [1.54, 1.807) is 31.2 Å². The zero-order valence-electron chi connectivity index (χ0n) is 9.91. The van der Waals surface area contributed by atoms with Gasteiger partial charge >= 0.3 is 5.97 Å². The molecular formula is C12H12N4O2. The molecule has 2 aromatic rings. The number of aromatic nitrogens is 4. The number of ether oxygens (including phenoxy) is 1. The quantitative estimate of drug-likeness (QED) is 0.600. The summed E-state index contributed by atoms with van der Waals surface area (Å²) in [6.45, 7) is 5.67. The number of nitrogens with zero attached hydrogens (tertiary/aromatic N) is 4. The molecule has 0 radical (unpaired) electrons. The summed E-state index contributed by atoms with van der Waals surface area (Å²) < 4.78 is 6.52. The highest BCUT2D eigenvalue weighted by Gasteiger charge is 2.14. The summed E-state index contributed by atoms with van der Waals surface area (Å²) >= 11 is 0. The highest BCUT2D eigenvalue weighted by molar-refractivity contribution is 5.93. The first-order valence-electron chi connectivity index (χ1n) is 5.32. The molecule has 6 heteroatoms. The van der Waals surface area contributed by atoms with Crippen LogP contribution in [0.4, 0.5) is 0 Å². The Balaban J connectivity index is 2.28. The van der Waals surface area contributed by atoms with Crippen LogP contribution in [-0.2, 0) is 4.74 Å². The standard InChI is InChI=1S/C12H12N4O2/c1-9(2)7-18-12(17)10-5-3-4-6-11(10)16-8-13-14-15-16/h3-6,8H,1,7H2,2H3. The molecule has 0 aliphatic carbocycles. The number of hydrogen-bond acceptors (Lipinski definition) is 5. The largest absolute Gasteiger partial charge is 0.458 e. The number of para-hydroxylation sites is 1. The SMILES string of the molecule is C=C(C)COC(=O)c1ccccc1-n1cnnn1. The summed E-state index contributed by atoms with van der Waals surface area (Å²) in [7, 11) is 0. The van der Waals surface area contributed by atoms with Crippen molar-refractivity contribution >= 4 is 5.97 Å². The lowest BCUT2D eigenvalue weighted by Gasteiger charge is -2.08. The van der Waals surface area contributed by atoms with Crippen LogP contribution in [0.5, 0.6) is 0 Å². The lowest BCUT2D eigenvalue weighted by atomic mass is 10.2. The Morgan fingerprint density at radius 2 is 2.22 bits per heavy atom. The van der Waals surface area contributed by atoms with Crippen LogP contribution in [0.1, 0.15) is 17.3 Å². The maximum absolute atomic E-state index is 11.9. The van der Waals surface area contributed by atoms with Crippen LogP contribution >= 0.6 is 0 Å². The van der Waals surface area contributed by atoms with Gasteiger partial charge in [0.2, 0.25) is 0 Å². The molecule has 0 saturated heterocycles. The smallest absolute Gasteiger partial charge is 0.340 e. The van der Waals surface area contributed by atoms with Gasteiger partial charge in [-0.3, -0.25) is 0 Å². The summed E-state index contributed by atoms with van der Waals surface area (Å²) in [6, 6.07) is 6.96. The molecule has 18 heavy (non-hydrogen) atoms. The molecule has 0 amide bonds. The van der Waals surface area contributed by atoms with E-state index in [1.807, 2.05) is 0 Å².